The molecule has 0 aromatic heterocycles. The topological polar surface area (TPSA) is 84.9 Å². The third kappa shape index (κ3) is 4.22. The van der Waals surface area contributed by atoms with Crippen molar-refractivity contribution in [3.63, 3.8) is 0 Å². The van der Waals surface area contributed by atoms with Crippen LogP contribution in [0, 0.1) is 0 Å². The summed E-state index contributed by atoms with van der Waals surface area (Å²) in [6.07, 6.45) is 3.23. The molecular formula is C19H24N2O5. The molecule has 0 unspecified atom stereocenters. The number of piperidine rings is 1. The lowest BCUT2D eigenvalue weighted by Crippen LogP contribution is -2.57. The summed E-state index contributed by atoms with van der Waals surface area (Å²) >= 11 is 0. The number of hydrogen-bond donors (Lipinski definition) is 1. The fraction of sp³-hybridized carbons (Fsp3) is 0.526. The van der Waals surface area contributed by atoms with E-state index in [9.17, 15) is 14.4 Å². The van der Waals surface area contributed by atoms with Crippen LogP contribution < -0.4 is 5.32 Å². The molecule has 2 atom stereocenters. The smallest absolute Gasteiger partial charge is 0.338 e. The Morgan fingerprint density at radius 2 is 2.04 bits per heavy atom. The number of fused-ring (bicyclic) bond motifs is 1. The van der Waals surface area contributed by atoms with Crippen molar-refractivity contribution in [3.8, 4) is 0 Å². The third-order valence-corrected chi connectivity index (χ3v) is 4.82. The lowest BCUT2D eigenvalue weighted by atomic mass is 9.97. The van der Waals surface area contributed by atoms with Gasteiger partial charge in [-0.2, -0.15) is 0 Å². The van der Waals surface area contributed by atoms with Crippen molar-refractivity contribution in [2.75, 3.05) is 25.1 Å². The van der Waals surface area contributed by atoms with E-state index in [0.29, 0.717) is 24.5 Å². The van der Waals surface area contributed by atoms with Gasteiger partial charge in [-0.1, -0.05) is 6.42 Å². The van der Waals surface area contributed by atoms with Gasteiger partial charge < -0.3 is 14.8 Å². The van der Waals surface area contributed by atoms with Crippen LogP contribution in [0.5, 0.6) is 0 Å². The number of esters is 2. The molecule has 7 nitrogen and oxygen atoms in total. The molecule has 7 heteroatoms. The number of ether oxygens (including phenoxy) is 2. The summed E-state index contributed by atoms with van der Waals surface area (Å²) in [6.45, 7) is 3.31. The molecule has 2 aliphatic heterocycles. The fourth-order valence-corrected chi connectivity index (χ4v) is 3.51. The van der Waals surface area contributed by atoms with Gasteiger partial charge in [-0.05, 0) is 50.6 Å². The number of hydrogen-bond acceptors (Lipinski definition) is 6. The lowest BCUT2D eigenvalue weighted by molar-refractivity contribution is -0.165. The molecular weight excluding hydrogens is 336 g/mol. The first-order chi connectivity index (χ1) is 12.6. The van der Waals surface area contributed by atoms with Crippen molar-refractivity contribution in [2.45, 2.75) is 44.7 Å². The molecule has 2 saturated heterocycles. The summed E-state index contributed by atoms with van der Waals surface area (Å²) in [4.78, 5) is 38.3. The Labute approximate surface area is 152 Å². The highest BCUT2D eigenvalue weighted by molar-refractivity contribution is 5.95. The van der Waals surface area contributed by atoms with Crippen LogP contribution in [0.25, 0.3) is 0 Å². The predicted octanol–water partition coefficient (Wildman–Crippen LogP) is 1.97. The average Bonchev–Trinajstić information content (AvgIpc) is 2.65. The zero-order valence-corrected chi connectivity index (χ0v) is 14.9. The van der Waals surface area contributed by atoms with E-state index in [1.165, 1.54) is 0 Å². The van der Waals surface area contributed by atoms with Gasteiger partial charge in [-0.3, -0.25) is 14.5 Å². The zero-order chi connectivity index (χ0) is 18.5. The maximum atomic E-state index is 12.4. The Morgan fingerprint density at radius 3 is 2.77 bits per heavy atom. The third-order valence-electron chi connectivity index (χ3n) is 4.82. The van der Waals surface area contributed by atoms with Gasteiger partial charge in [0.1, 0.15) is 12.6 Å². The van der Waals surface area contributed by atoms with Crippen molar-refractivity contribution in [3.05, 3.63) is 29.8 Å². The number of nitrogens with zero attached hydrogens (tertiary/aromatic N) is 1. The molecule has 2 heterocycles. The van der Waals surface area contributed by atoms with Gasteiger partial charge in [0.15, 0.2) is 0 Å². The Hall–Kier alpha value is -2.41. The fourth-order valence-electron chi connectivity index (χ4n) is 3.51. The van der Waals surface area contributed by atoms with E-state index in [1.807, 2.05) is 0 Å². The molecule has 0 aliphatic carbocycles. The van der Waals surface area contributed by atoms with Gasteiger partial charge >= 0.3 is 11.9 Å². The SMILES string of the molecule is CCOC(=O)c1ccc(NC(=O)C[C@@H]2C(=O)OC[C@@H]3CCCCN32)cc1. The van der Waals surface area contributed by atoms with Crippen molar-refractivity contribution >= 4 is 23.5 Å². The summed E-state index contributed by atoms with van der Waals surface area (Å²) in [7, 11) is 0. The molecule has 1 amide bonds. The second kappa shape index (κ2) is 8.31. The van der Waals surface area contributed by atoms with Crippen LogP contribution in [-0.2, 0) is 19.1 Å². The van der Waals surface area contributed by atoms with Crippen molar-refractivity contribution in [1.82, 2.24) is 4.90 Å². The highest BCUT2D eigenvalue weighted by Gasteiger charge is 2.40. The van der Waals surface area contributed by atoms with Gasteiger partial charge in [-0.25, -0.2) is 4.79 Å². The van der Waals surface area contributed by atoms with Crippen molar-refractivity contribution in [2.24, 2.45) is 0 Å². The Bertz CT molecular complexity index is 673. The van der Waals surface area contributed by atoms with E-state index in [-0.39, 0.29) is 24.3 Å². The number of carbonyl (C=O) groups is 3. The summed E-state index contributed by atoms with van der Waals surface area (Å²) < 4.78 is 10.2. The number of morpholine rings is 1. The largest absolute Gasteiger partial charge is 0.463 e. The highest BCUT2D eigenvalue weighted by atomic mass is 16.5. The van der Waals surface area contributed by atoms with E-state index in [4.69, 9.17) is 9.47 Å². The normalized spacial score (nSPS) is 22.9. The number of benzene rings is 1. The first-order valence-electron chi connectivity index (χ1n) is 9.08. The predicted molar refractivity (Wildman–Crippen MR) is 94.7 cm³/mol. The maximum Gasteiger partial charge on any atom is 0.338 e. The number of rotatable bonds is 5. The van der Waals surface area contributed by atoms with Crippen LogP contribution >= 0.6 is 0 Å². The van der Waals surface area contributed by atoms with Crippen LogP contribution in [0.1, 0.15) is 43.0 Å². The van der Waals surface area contributed by atoms with Crippen LogP contribution in [0.15, 0.2) is 24.3 Å². The Kier molecular flexibility index (Phi) is 5.88. The number of anilines is 1. The lowest BCUT2D eigenvalue weighted by Gasteiger charge is -2.43. The number of carbonyl (C=O) groups excluding carboxylic acids is 3. The van der Waals surface area contributed by atoms with E-state index in [0.717, 1.165) is 25.8 Å². The second-order valence-corrected chi connectivity index (χ2v) is 6.58. The molecule has 26 heavy (non-hydrogen) atoms. The summed E-state index contributed by atoms with van der Waals surface area (Å²) in [6, 6.07) is 6.20. The molecule has 0 bridgehead atoms. The Balaban J connectivity index is 1.59. The van der Waals surface area contributed by atoms with Gasteiger partial charge in [0.2, 0.25) is 5.91 Å². The Morgan fingerprint density at radius 1 is 1.27 bits per heavy atom. The maximum absolute atomic E-state index is 12.4. The quantitative estimate of drug-likeness (QED) is 0.808. The first kappa shape index (κ1) is 18.4. The summed E-state index contributed by atoms with van der Waals surface area (Å²) in [5.41, 5.74) is 0.999. The minimum absolute atomic E-state index is 0.0644. The summed E-state index contributed by atoms with van der Waals surface area (Å²) in [5.74, 6) is -0.968. The molecule has 1 aromatic rings. The number of amides is 1. The van der Waals surface area contributed by atoms with E-state index >= 15 is 0 Å². The minimum atomic E-state index is -0.521. The van der Waals surface area contributed by atoms with E-state index < -0.39 is 12.0 Å². The minimum Gasteiger partial charge on any atom is -0.463 e. The van der Waals surface area contributed by atoms with Crippen LogP contribution in [0.2, 0.25) is 0 Å². The van der Waals surface area contributed by atoms with Crippen LogP contribution in [0.3, 0.4) is 0 Å². The first-order valence-corrected chi connectivity index (χ1v) is 9.08. The molecule has 2 fully saturated rings. The van der Waals surface area contributed by atoms with E-state index in [1.54, 1.807) is 31.2 Å². The average molecular weight is 360 g/mol. The van der Waals surface area contributed by atoms with Crippen molar-refractivity contribution in [1.29, 1.82) is 0 Å². The molecule has 0 radical (unpaired) electrons. The molecule has 0 saturated carbocycles. The van der Waals surface area contributed by atoms with Gasteiger partial charge in [0.05, 0.1) is 18.6 Å². The highest BCUT2D eigenvalue weighted by Crippen LogP contribution is 2.26. The van der Waals surface area contributed by atoms with Crippen LogP contribution in [0.4, 0.5) is 5.69 Å². The van der Waals surface area contributed by atoms with Gasteiger partial charge in [-0.15, -0.1) is 0 Å². The van der Waals surface area contributed by atoms with Crippen LogP contribution in [-0.4, -0.2) is 54.6 Å². The molecule has 1 aromatic carbocycles. The molecule has 2 aliphatic rings. The summed E-state index contributed by atoms with van der Waals surface area (Å²) in [5, 5.41) is 2.78. The molecule has 3 rings (SSSR count). The van der Waals surface area contributed by atoms with E-state index in [2.05, 4.69) is 10.2 Å². The van der Waals surface area contributed by atoms with Gasteiger partial charge in [0.25, 0.3) is 0 Å². The number of nitrogens with one attached hydrogen (secondary N) is 1. The molecule has 1 N–H and O–H groups in total. The van der Waals surface area contributed by atoms with Gasteiger partial charge in [0, 0.05) is 11.7 Å². The second-order valence-electron chi connectivity index (χ2n) is 6.58. The molecule has 0 spiro atoms. The standard InChI is InChI=1S/C19H24N2O5/c1-2-25-18(23)13-6-8-14(9-7-13)20-17(22)11-16-19(24)26-12-15-5-3-4-10-21(15)16/h6-9,15-16H,2-5,10-12H2,1H3,(H,20,22)/t15-,16+/m0/s1. The molecule has 140 valence electrons. The monoisotopic (exact) mass is 360 g/mol. The van der Waals surface area contributed by atoms with Crippen molar-refractivity contribution < 1.29 is 23.9 Å². The zero-order valence-electron chi connectivity index (χ0n) is 14.9. The number of cyclic esters (lactones) is 1.